The van der Waals surface area contributed by atoms with Crippen LogP contribution in [0.15, 0.2) is 41.6 Å². The maximum atomic E-state index is 13.5. The molecule has 0 radical (unpaired) electrons. The second-order valence-electron chi connectivity index (χ2n) is 5.70. The Morgan fingerprint density at radius 3 is 2.38 bits per heavy atom. The Morgan fingerprint density at radius 2 is 1.88 bits per heavy atom. The van der Waals surface area contributed by atoms with Gasteiger partial charge in [-0.2, -0.15) is 9.40 Å². The zero-order valence-corrected chi connectivity index (χ0v) is 14.7. The third-order valence-corrected chi connectivity index (χ3v) is 6.11. The minimum atomic E-state index is -4.05. The van der Waals surface area contributed by atoms with Crippen LogP contribution in [0.3, 0.4) is 0 Å². The van der Waals surface area contributed by atoms with E-state index in [0.717, 1.165) is 9.87 Å². The lowest BCUT2D eigenvalue weighted by atomic mass is 10.1. The fourth-order valence-electron chi connectivity index (χ4n) is 2.65. The highest BCUT2D eigenvalue weighted by Gasteiger charge is 2.36. The van der Waals surface area contributed by atoms with Gasteiger partial charge in [0, 0.05) is 19.7 Å². The number of aryl methyl sites for hydroxylation is 3. The molecule has 0 fully saturated rings. The molecule has 0 bridgehead atoms. The van der Waals surface area contributed by atoms with Gasteiger partial charge < -0.3 is 0 Å². The monoisotopic (exact) mass is 357 g/mol. The van der Waals surface area contributed by atoms with Crippen LogP contribution in [-0.2, 0) is 23.5 Å². The van der Waals surface area contributed by atoms with Gasteiger partial charge >= 0.3 is 0 Å². The molecule has 1 heterocycles. The van der Waals surface area contributed by atoms with E-state index in [1.54, 1.807) is 6.92 Å². The molecule has 1 aromatic carbocycles. The van der Waals surface area contributed by atoms with Gasteiger partial charge in [-0.15, -0.1) is 0 Å². The van der Waals surface area contributed by atoms with Gasteiger partial charge in [-0.3, -0.25) is 4.68 Å². The maximum Gasteiger partial charge on any atom is 0.260 e. The summed E-state index contributed by atoms with van der Waals surface area (Å²) in [4.78, 5) is 0. The van der Waals surface area contributed by atoms with E-state index >= 15 is 0 Å². The van der Waals surface area contributed by atoms with Crippen LogP contribution in [0.2, 0.25) is 0 Å². The Hall–Kier alpha value is -1.80. The van der Waals surface area contributed by atoms with Gasteiger partial charge in [0.1, 0.15) is 0 Å². The molecule has 0 spiro atoms. The van der Waals surface area contributed by atoms with Crippen molar-refractivity contribution in [3.63, 3.8) is 0 Å². The van der Waals surface area contributed by atoms with Gasteiger partial charge in [-0.25, -0.2) is 17.2 Å². The molecule has 2 rings (SSSR count). The van der Waals surface area contributed by atoms with E-state index in [4.69, 9.17) is 0 Å². The van der Waals surface area contributed by atoms with Crippen LogP contribution in [0, 0.1) is 6.92 Å². The molecule has 0 amide bonds. The minimum Gasteiger partial charge on any atom is -0.256 e. The van der Waals surface area contributed by atoms with Crippen molar-refractivity contribution in [2.24, 2.45) is 7.05 Å². The van der Waals surface area contributed by atoms with Crippen LogP contribution in [0.4, 0.5) is 8.78 Å². The van der Waals surface area contributed by atoms with Gasteiger partial charge in [-0.1, -0.05) is 30.3 Å². The Morgan fingerprint density at radius 1 is 1.25 bits per heavy atom. The van der Waals surface area contributed by atoms with Gasteiger partial charge in [0.2, 0.25) is 0 Å². The van der Waals surface area contributed by atoms with Crippen LogP contribution in [-0.4, -0.2) is 42.0 Å². The Bertz CT molecular complexity index is 756. The number of sulfonamides is 1. The first kappa shape index (κ1) is 18.5. The number of aromatic nitrogens is 2. The summed E-state index contributed by atoms with van der Waals surface area (Å²) >= 11 is 0. The minimum absolute atomic E-state index is 0.0360. The lowest BCUT2D eigenvalue weighted by molar-refractivity contribution is 0.0656. The molecule has 1 aromatic heterocycles. The van der Waals surface area contributed by atoms with Gasteiger partial charge in [0.25, 0.3) is 16.4 Å². The zero-order valence-electron chi connectivity index (χ0n) is 13.9. The Kier molecular flexibility index (Phi) is 5.71. The van der Waals surface area contributed by atoms with Crippen molar-refractivity contribution in [3.05, 3.63) is 47.7 Å². The van der Waals surface area contributed by atoms with Crippen molar-refractivity contribution in [1.82, 2.24) is 14.1 Å². The fourth-order valence-corrected chi connectivity index (χ4v) is 4.31. The number of rotatable bonds is 7. The number of benzene rings is 1. The molecule has 0 saturated heterocycles. The standard InChI is InChI=1S/C16H21F2N3O2S/c1-12-11-19-20(2)16(12)24(22,23)21(3)14(15(17)18)10-9-13-7-5-4-6-8-13/h4-8,11,14-15H,9-10H2,1-3H3. The van der Waals surface area contributed by atoms with Crippen LogP contribution >= 0.6 is 0 Å². The number of hydrogen-bond donors (Lipinski definition) is 0. The van der Waals surface area contributed by atoms with Gasteiger partial charge in [0.05, 0.1) is 12.2 Å². The quantitative estimate of drug-likeness (QED) is 0.765. The van der Waals surface area contributed by atoms with E-state index < -0.39 is 22.5 Å². The Labute approximate surface area is 141 Å². The summed E-state index contributed by atoms with van der Waals surface area (Å²) in [5.74, 6) is 0. The molecular weight excluding hydrogens is 336 g/mol. The second kappa shape index (κ2) is 7.40. The molecule has 24 heavy (non-hydrogen) atoms. The number of halogens is 2. The second-order valence-corrected chi connectivity index (χ2v) is 7.62. The number of alkyl halides is 2. The molecule has 0 aliphatic rings. The molecule has 1 unspecified atom stereocenters. The summed E-state index contributed by atoms with van der Waals surface area (Å²) < 4.78 is 54.4. The molecule has 132 valence electrons. The molecule has 8 heteroatoms. The fraction of sp³-hybridized carbons (Fsp3) is 0.438. The third-order valence-electron chi connectivity index (χ3n) is 4.01. The average molecular weight is 357 g/mol. The summed E-state index contributed by atoms with van der Waals surface area (Å²) in [6.45, 7) is 1.59. The van der Waals surface area contributed by atoms with Crippen LogP contribution in [0.1, 0.15) is 17.5 Å². The first-order valence-corrected chi connectivity index (χ1v) is 8.98. The summed E-state index contributed by atoms with van der Waals surface area (Å²) in [6, 6.07) is 7.77. The third kappa shape index (κ3) is 3.81. The highest BCUT2D eigenvalue weighted by molar-refractivity contribution is 7.89. The predicted molar refractivity (Wildman–Crippen MR) is 87.4 cm³/mol. The van der Waals surface area contributed by atoms with Gasteiger partial charge in [-0.05, 0) is 25.3 Å². The maximum absolute atomic E-state index is 13.5. The van der Waals surface area contributed by atoms with Crippen molar-refractivity contribution in [2.75, 3.05) is 7.05 Å². The molecule has 0 saturated carbocycles. The zero-order chi connectivity index (χ0) is 17.9. The topological polar surface area (TPSA) is 55.2 Å². The number of nitrogens with zero attached hydrogens (tertiary/aromatic N) is 3. The Balaban J connectivity index is 2.24. The smallest absolute Gasteiger partial charge is 0.256 e. The van der Waals surface area contributed by atoms with E-state index in [1.807, 2.05) is 30.3 Å². The first-order chi connectivity index (χ1) is 11.2. The molecule has 0 N–H and O–H groups in total. The molecular formula is C16H21F2N3O2S. The lowest BCUT2D eigenvalue weighted by Crippen LogP contribution is -2.42. The molecule has 1 atom stereocenters. The van der Waals surface area contributed by atoms with Crippen molar-refractivity contribution < 1.29 is 17.2 Å². The lowest BCUT2D eigenvalue weighted by Gasteiger charge is -2.27. The van der Waals surface area contributed by atoms with Crippen LogP contribution in [0.25, 0.3) is 0 Å². The molecule has 0 aliphatic carbocycles. The largest absolute Gasteiger partial charge is 0.260 e. The van der Waals surface area contributed by atoms with Crippen molar-refractivity contribution in [3.8, 4) is 0 Å². The molecule has 5 nitrogen and oxygen atoms in total. The van der Waals surface area contributed by atoms with Crippen molar-refractivity contribution in [2.45, 2.75) is 37.3 Å². The van der Waals surface area contributed by atoms with E-state index in [2.05, 4.69) is 5.10 Å². The van der Waals surface area contributed by atoms with Crippen LogP contribution in [0.5, 0.6) is 0 Å². The molecule has 0 aliphatic heterocycles. The van der Waals surface area contributed by atoms with E-state index in [-0.39, 0.29) is 11.4 Å². The van der Waals surface area contributed by atoms with Crippen molar-refractivity contribution >= 4 is 10.0 Å². The highest BCUT2D eigenvalue weighted by Crippen LogP contribution is 2.24. The number of hydrogen-bond acceptors (Lipinski definition) is 3. The normalized spacial score (nSPS) is 13.6. The van der Waals surface area contributed by atoms with E-state index in [9.17, 15) is 17.2 Å². The van der Waals surface area contributed by atoms with Gasteiger partial charge in [0.15, 0.2) is 5.03 Å². The SMILES string of the molecule is Cc1cnn(C)c1S(=O)(=O)N(C)C(CCc1ccccc1)C(F)F. The first-order valence-electron chi connectivity index (χ1n) is 7.54. The predicted octanol–water partition coefficient (Wildman–Crippen LogP) is 2.62. The van der Waals surface area contributed by atoms with E-state index in [1.165, 1.54) is 25.0 Å². The summed E-state index contributed by atoms with van der Waals surface area (Å²) in [5, 5.41) is 3.83. The summed E-state index contributed by atoms with van der Waals surface area (Å²) in [7, 11) is -1.37. The summed E-state index contributed by atoms with van der Waals surface area (Å²) in [6.07, 6.45) is -0.960. The van der Waals surface area contributed by atoms with E-state index in [0.29, 0.717) is 12.0 Å². The molecule has 2 aromatic rings. The van der Waals surface area contributed by atoms with Crippen molar-refractivity contribution in [1.29, 1.82) is 0 Å². The average Bonchev–Trinajstić information content (AvgIpc) is 2.87. The van der Waals surface area contributed by atoms with Crippen LogP contribution < -0.4 is 0 Å². The highest BCUT2D eigenvalue weighted by atomic mass is 32.2. The summed E-state index contributed by atoms with van der Waals surface area (Å²) in [5.41, 5.74) is 1.33.